The molecule has 2 aliphatic rings. The van der Waals surface area contributed by atoms with E-state index in [1.54, 1.807) is 19.1 Å². The average molecular weight is 318 g/mol. The van der Waals surface area contributed by atoms with Crippen molar-refractivity contribution >= 4 is 11.7 Å². The number of halogens is 1. The number of amides is 1. The number of ketones is 1. The van der Waals surface area contributed by atoms with E-state index < -0.39 is 11.7 Å². The van der Waals surface area contributed by atoms with Crippen LogP contribution in [-0.4, -0.2) is 31.3 Å². The second-order valence-electron chi connectivity index (χ2n) is 6.95. The second kappa shape index (κ2) is 6.40. The van der Waals surface area contributed by atoms with Gasteiger partial charge in [-0.15, -0.1) is 0 Å². The first-order valence-corrected chi connectivity index (χ1v) is 8.27. The van der Waals surface area contributed by atoms with Gasteiger partial charge in [-0.1, -0.05) is 18.6 Å². The predicted molar refractivity (Wildman–Crippen MR) is 85.5 cm³/mol. The summed E-state index contributed by atoms with van der Waals surface area (Å²) in [4.78, 5) is 24.1. The smallest absolute Gasteiger partial charge is 0.287 e. The van der Waals surface area contributed by atoms with Crippen LogP contribution in [0, 0.1) is 24.1 Å². The molecule has 0 aromatic heterocycles. The highest BCUT2D eigenvalue weighted by atomic mass is 19.1. The summed E-state index contributed by atoms with van der Waals surface area (Å²) < 4.78 is 13.5. The van der Waals surface area contributed by atoms with Crippen molar-refractivity contribution in [2.24, 2.45) is 11.3 Å². The third-order valence-electron chi connectivity index (χ3n) is 5.42. The van der Waals surface area contributed by atoms with Crippen molar-refractivity contribution in [3.63, 3.8) is 0 Å². The zero-order chi connectivity index (χ0) is 16.4. The van der Waals surface area contributed by atoms with E-state index in [0.717, 1.165) is 19.5 Å². The van der Waals surface area contributed by atoms with E-state index in [2.05, 4.69) is 10.6 Å². The summed E-state index contributed by atoms with van der Waals surface area (Å²) in [6.07, 6.45) is 3.43. The number of Topliss-reactive ketones (excluding diaryl/α,β-unsaturated/α-hetero) is 1. The van der Waals surface area contributed by atoms with Crippen molar-refractivity contribution < 1.29 is 14.0 Å². The number of aryl methyl sites for hydroxylation is 1. The molecule has 3 rings (SSSR count). The normalized spacial score (nSPS) is 26.1. The zero-order valence-electron chi connectivity index (χ0n) is 13.5. The van der Waals surface area contributed by atoms with Crippen molar-refractivity contribution in [2.45, 2.75) is 32.6 Å². The molecule has 5 heteroatoms. The lowest BCUT2D eigenvalue weighted by atomic mass is 9.80. The van der Waals surface area contributed by atoms with Crippen LogP contribution in [0.1, 0.15) is 30.4 Å². The Balaban J connectivity index is 1.55. The Kier molecular flexibility index (Phi) is 4.48. The maximum Gasteiger partial charge on any atom is 0.287 e. The van der Waals surface area contributed by atoms with Crippen LogP contribution >= 0.6 is 0 Å². The Morgan fingerprint density at radius 1 is 1.43 bits per heavy atom. The maximum atomic E-state index is 13.5. The van der Waals surface area contributed by atoms with E-state index in [9.17, 15) is 14.0 Å². The largest absolute Gasteiger partial charge is 0.349 e. The molecule has 1 aromatic rings. The third-order valence-corrected chi connectivity index (χ3v) is 5.42. The molecule has 2 fully saturated rings. The Hall–Kier alpha value is -1.75. The SMILES string of the molecule is Cc1ccc(CC(=O)C(=O)NCC23CCCC2CNC3)cc1F. The van der Waals surface area contributed by atoms with E-state index >= 15 is 0 Å². The first-order chi connectivity index (χ1) is 11.0. The molecule has 1 heterocycles. The van der Waals surface area contributed by atoms with Gasteiger partial charge in [0.1, 0.15) is 5.82 Å². The molecular formula is C18H23FN2O2. The van der Waals surface area contributed by atoms with Crippen molar-refractivity contribution in [3.05, 3.63) is 35.1 Å². The average Bonchev–Trinajstić information content (AvgIpc) is 3.08. The molecule has 0 spiro atoms. The molecule has 2 N–H and O–H groups in total. The summed E-state index contributed by atoms with van der Waals surface area (Å²) in [5.74, 6) is -0.812. The van der Waals surface area contributed by atoms with Gasteiger partial charge >= 0.3 is 0 Å². The molecule has 1 saturated heterocycles. The molecule has 1 aliphatic heterocycles. The second-order valence-corrected chi connectivity index (χ2v) is 6.95. The van der Waals surface area contributed by atoms with Crippen molar-refractivity contribution in [1.82, 2.24) is 10.6 Å². The van der Waals surface area contributed by atoms with Crippen LogP contribution in [0.5, 0.6) is 0 Å². The third kappa shape index (κ3) is 3.29. The molecule has 0 bridgehead atoms. The summed E-state index contributed by atoms with van der Waals surface area (Å²) in [6, 6.07) is 4.64. The number of benzene rings is 1. The topological polar surface area (TPSA) is 58.2 Å². The fourth-order valence-corrected chi connectivity index (χ4v) is 3.92. The lowest BCUT2D eigenvalue weighted by molar-refractivity contribution is -0.137. The van der Waals surface area contributed by atoms with Gasteiger partial charge in [0.05, 0.1) is 0 Å². The van der Waals surface area contributed by atoms with E-state index in [1.165, 1.54) is 18.9 Å². The van der Waals surface area contributed by atoms with Gasteiger partial charge in [-0.25, -0.2) is 4.39 Å². The Morgan fingerprint density at radius 2 is 2.26 bits per heavy atom. The quantitative estimate of drug-likeness (QED) is 0.813. The minimum absolute atomic E-state index is 0.0578. The van der Waals surface area contributed by atoms with E-state index in [0.29, 0.717) is 23.6 Å². The number of rotatable bonds is 5. The first-order valence-electron chi connectivity index (χ1n) is 8.27. The molecular weight excluding hydrogens is 295 g/mol. The van der Waals surface area contributed by atoms with E-state index in [1.807, 2.05) is 0 Å². The molecule has 2 unspecified atom stereocenters. The van der Waals surface area contributed by atoms with E-state index in [4.69, 9.17) is 0 Å². The first kappa shape index (κ1) is 16.1. The number of hydrogen-bond donors (Lipinski definition) is 2. The van der Waals surface area contributed by atoms with Crippen LogP contribution in [0.25, 0.3) is 0 Å². The van der Waals surface area contributed by atoms with Crippen LogP contribution in [0.2, 0.25) is 0 Å². The lowest BCUT2D eigenvalue weighted by Gasteiger charge is -2.28. The fraction of sp³-hybridized carbons (Fsp3) is 0.556. The van der Waals surface area contributed by atoms with Gasteiger partial charge in [0.2, 0.25) is 5.78 Å². The Morgan fingerprint density at radius 3 is 3.04 bits per heavy atom. The highest BCUT2D eigenvalue weighted by molar-refractivity contribution is 6.36. The number of fused-ring (bicyclic) bond motifs is 1. The predicted octanol–water partition coefficient (Wildman–Crippen LogP) is 1.75. The highest BCUT2D eigenvalue weighted by Gasteiger charge is 2.46. The molecule has 1 aliphatic carbocycles. The van der Waals surface area contributed by atoms with Crippen molar-refractivity contribution in [2.75, 3.05) is 19.6 Å². The van der Waals surface area contributed by atoms with Crippen LogP contribution in [0.4, 0.5) is 4.39 Å². The molecule has 23 heavy (non-hydrogen) atoms. The maximum absolute atomic E-state index is 13.5. The Bertz CT molecular complexity index is 619. The van der Waals surface area contributed by atoms with Gasteiger partial charge in [-0.2, -0.15) is 0 Å². The van der Waals surface area contributed by atoms with Gasteiger partial charge in [-0.3, -0.25) is 9.59 Å². The summed E-state index contributed by atoms with van der Waals surface area (Å²) in [6.45, 7) is 4.14. The molecule has 2 atom stereocenters. The number of carbonyl (C=O) groups is 2. The fourth-order valence-electron chi connectivity index (χ4n) is 3.92. The van der Waals surface area contributed by atoms with Gasteiger partial charge in [0.25, 0.3) is 5.91 Å². The molecule has 0 radical (unpaired) electrons. The minimum Gasteiger partial charge on any atom is -0.349 e. The number of nitrogens with one attached hydrogen (secondary N) is 2. The van der Waals surface area contributed by atoms with Gasteiger partial charge in [-0.05, 0) is 49.4 Å². The monoisotopic (exact) mass is 318 g/mol. The summed E-state index contributed by atoms with van der Waals surface area (Å²) >= 11 is 0. The highest BCUT2D eigenvalue weighted by Crippen LogP contribution is 2.45. The van der Waals surface area contributed by atoms with Gasteiger partial charge in [0.15, 0.2) is 0 Å². The molecule has 1 saturated carbocycles. The molecule has 4 nitrogen and oxygen atoms in total. The van der Waals surface area contributed by atoms with Crippen molar-refractivity contribution in [3.8, 4) is 0 Å². The molecule has 1 aromatic carbocycles. The number of carbonyl (C=O) groups excluding carboxylic acids is 2. The van der Waals surface area contributed by atoms with Crippen LogP contribution < -0.4 is 10.6 Å². The molecule has 124 valence electrons. The number of hydrogen-bond acceptors (Lipinski definition) is 3. The van der Waals surface area contributed by atoms with Gasteiger partial charge in [0, 0.05) is 24.9 Å². The standard InChI is InChI=1S/C18H23FN2O2/c1-12-4-5-13(7-15(12)19)8-16(22)17(23)21-11-18-6-2-3-14(18)9-20-10-18/h4-5,7,14,20H,2-3,6,8-11H2,1H3,(H,21,23). The van der Waals surface area contributed by atoms with Crippen LogP contribution in [0.15, 0.2) is 18.2 Å². The van der Waals surface area contributed by atoms with Crippen LogP contribution in [-0.2, 0) is 16.0 Å². The molecule has 1 amide bonds. The van der Waals surface area contributed by atoms with Crippen molar-refractivity contribution in [1.29, 1.82) is 0 Å². The van der Waals surface area contributed by atoms with E-state index in [-0.39, 0.29) is 17.7 Å². The minimum atomic E-state index is -0.557. The zero-order valence-corrected chi connectivity index (χ0v) is 13.5. The summed E-state index contributed by atoms with van der Waals surface area (Å²) in [5.41, 5.74) is 1.18. The van der Waals surface area contributed by atoms with Gasteiger partial charge < -0.3 is 10.6 Å². The summed E-state index contributed by atoms with van der Waals surface area (Å²) in [5, 5.41) is 6.20. The Labute approximate surface area is 135 Å². The lowest BCUT2D eigenvalue weighted by Crippen LogP contribution is -2.43. The van der Waals surface area contributed by atoms with Crippen LogP contribution in [0.3, 0.4) is 0 Å². The summed E-state index contributed by atoms with van der Waals surface area (Å²) in [7, 11) is 0.